The van der Waals surface area contributed by atoms with E-state index >= 15 is 0 Å². The van der Waals surface area contributed by atoms with Gasteiger partial charge in [-0.25, -0.2) is 18.1 Å². The van der Waals surface area contributed by atoms with Crippen molar-refractivity contribution in [2.24, 2.45) is 0 Å². The molecule has 0 aliphatic carbocycles. The minimum atomic E-state index is -3.11. The Balaban J connectivity index is 2.00. The van der Waals surface area contributed by atoms with Crippen LogP contribution in [0.15, 0.2) is 18.2 Å². The summed E-state index contributed by atoms with van der Waals surface area (Å²) in [6.45, 7) is 3.69. The van der Waals surface area contributed by atoms with E-state index in [0.717, 1.165) is 11.1 Å². The predicted octanol–water partition coefficient (Wildman–Crippen LogP) is 1.31. The van der Waals surface area contributed by atoms with Crippen LogP contribution < -0.4 is 10.2 Å². The number of hydrogen-bond acceptors (Lipinski definition) is 4. The van der Waals surface area contributed by atoms with Crippen molar-refractivity contribution in [2.45, 2.75) is 32.2 Å². The van der Waals surface area contributed by atoms with Crippen molar-refractivity contribution in [3.05, 3.63) is 29.3 Å². The molecule has 3 rings (SSSR count). The van der Waals surface area contributed by atoms with Crippen LogP contribution in [0.25, 0.3) is 0 Å². The number of imide groups is 1. The molecule has 0 unspecified atom stereocenters. The number of anilines is 1. The quantitative estimate of drug-likeness (QED) is 0.790. The Hall–Kier alpha value is -1.89. The van der Waals surface area contributed by atoms with E-state index in [4.69, 9.17) is 0 Å². The molecule has 2 heterocycles. The molecule has 6 nitrogen and oxygen atoms in total. The maximum Gasteiger partial charge on any atom is 0.329 e. The summed E-state index contributed by atoms with van der Waals surface area (Å²) in [7, 11) is -3.11. The summed E-state index contributed by atoms with van der Waals surface area (Å²) in [6.07, 6.45) is 0.280. The number of urea groups is 1. The van der Waals surface area contributed by atoms with Crippen LogP contribution in [0.2, 0.25) is 0 Å². The molecule has 1 spiro atoms. The second-order valence-electron chi connectivity index (χ2n) is 6.05. The van der Waals surface area contributed by atoms with E-state index < -0.39 is 21.4 Å². The summed E-state index contributed by atoms with van der Waals surface area (Å²) < 4.78 is 23.2. The van der Waals surface area contributed by atoms with Gasteiger partial charge in [0.25, 0.3) is 5.91 Å². The van der Waals surface area contributed by atoms with Crippen LogP contribution in [0.5, 0.6) is 0 Å². The van der Waals surface area contributed by atoms with Gasteiger partial charge in [0, 0.05) is 0 Å². The molecule has 2 aliphatic heterocycles. The fourth-order valence-electron chi connectivity index (χ4n) is 3.21. The van der Waals surface area contributed by atoms with Crippen LogP contribution in [0, 0.1) is 13.8 Å². The summed E-state index contributed by atoms with van der Waals surface area (Å²) in [4.78, 5) is 26.4. The summed E-state index contributed by atoms with van der Waals surface area (Å²) >= 11 is 0. The molecule has 2 aliphatic rings. The highest BCUT2D eigenvalue weighted by molar-refractivity contribution is 7.91. The monoisotopic (exact) mass is 322 g/mol. The molecule has 2 fully saturated rings. The second kappa shape index (κ2) is 4.81. The van der Waals surface area contributed by atoms with Gasteiger partial charge in [-0.15, -0.1) is 0 Å². The fourth-order valence-corrected chi connectivity index (χ4v) is 4.73. The molecule has 0 atom stereocenters. The maximum absolute atomic E-state index is 12.9. The summed E-state index contributed by atoms with van der Waals surface area (Å²) in [6, 6.07) is 5.09. The maximum atomic E-state index is 12.9. The Labute approximate surface area is 129 Å². The van der Waals surface area contributed by atoms with Gasteiger partial charge in [-0.1, -0.05) is 18.2 Å². The lowest BCUT2D eigenvalue weighted by Gasteiger charge is -2.30. The number of aryl methyl sites for hydroxylation is 2. The van der Waals surface area contributed by atoms with Crippen LogP contribution in [0.1, 0.15) is 24.0 Å². The molecule has 1 aromatic rings. The Morgan fingerprint density at radius 2 is 1.64 bits per heavy atom. The average molecular weight is 322 g/mol. The van der Waals surface area contributed by atoms with Gasteiger partial charge >= 0.3 is 6.03 Å². The van der Waals surface area contributed by atoms with Crippen LogP contribution in [0.4, 0.5) is 10.5 Å². The standard InChI is InChI=1S/C15H18N2O4S/c1-10-4-3-5-11(2)12(10)17-13(18)15(16-14(17)19)6-8-22(20,21)9-7-15/h3-5H,6-9H2,1-2H3,(H,16,19). The summed E-state index contributed by atoms with van der Waals surface area (Å²) in [5, 5.41) is 2.73. The SMILES string of the molecule is Cc1cccc(C)c1N1C(=O)NC2(CCS(=O)(=O)CC2)C1=O. The molecule has 1 aromatic carbocycles. The van der Waals surface area contributed by atoms with E-state index in [-0.39, 0.29) is 30.3 Å². The lowest BCUT2D eigenvalue weighted by Crippen LogP contribution is -2.52. The normalized spacial score (nSPS) is 22.9. The van der Waals surface area contributed by atoms with Gasteiger partial charge in [0.2, 0.25) is 0 Å². The summed E-state index contributed by atoms with van der Waals surface area (Å²) in [5.74, 6) is -0.482. The summed E-state index contributed by atoms with van der Waals surface area (Å²) in [5.41, 5.74) is 1.19. The molecule has 2 saturated heterocycles. The molecule has 0 radical (unpaired) electrons. The number of carbonyl (C=O) groups is 2. The number of carbonyl (C=O) groups excluding carboxylic acids is 2. The Bertz CT molecular complexity index is 735. The third-order valence-corrected chi connectivity index (χ3v) is 6.16. The third-order valence-electron chi connectivity index (χ3n) is 4.50. The highest BCUT2D eigenvalue weighted by atomic mass is 32.2. The smallest absolute Gasteiger partial charge is 0.323 e. The molecular weight excluding hydrogens is 304 g/mol. The average Bonchev–Trinajstić information content (AvgIpc) is 2.67. The van der Waals surface area contributed by atoms with Crippen molar-refractivity contribution in [2.75, 3.05) is 16.4 Å². The van der Waals surface area contributed by atoms with E-state index in [9.17, 15) is 18.0 Å². The van der Waals surface area contributed by atoms with Gasteiger partial charge in [-0.2, -0.15) is 0 Å². The number of hydrogen-bond donors (Lipinski definition) is 1. The second-order valence-corrected chi connectivity index (χ2v) is 8.35. The number of nitrogens with one attached hydrogen (secondary N) is 1. The first-order valence-corrected chi connectivity index (χ1v) is 9.01. The van der Waals surface area contributed by atoms with Crippen LogP contribution in [0.3, 0.4) is 0 Å². The fraction of sp³-hybridized carbons (Fsp3) is 0.467. The zero-order valence-electron chi connectivity index (χ0n) is 12.5. The first-order valence-electron chi connectivity index (χ1n) is 7.19. The van der Waals surface area contributed by atoms with Gasteiger partial charge in [-0.05, 0) is 37.8 Å². The van der Waals surface area contributed by atoms with Crippen LogP contribution in [-0.4, -0.2) is 37.4 Å². The topological polar surface area (TPSA) is 83.6 Å². The molecular formula is C15H18N2O4S. The number of nitrogens with zero attached hydrogens (tertiary/aromatic N) is 1. The molecule has 22 heavy (non-hydrogen) atoms. The number of benzene rings is 1. The van der Waals surface area contributed by atoms with Gasteiger partial charge in [0.15, 0.2) is 9.84 Å². The van der Waals surface area contributed by atoms with E-state index in [1.165, 1.54) is 4.90 Å². The van der Waals surface area contributed by atoms with Crippen molar-refractivity contribution < 1.29 is 18.0 Å². The number of sulfone groups is 1. The van der Waals surface area contributed by atoms with E-state index in [2.05, 4.69) is 5.32 Å². The number of para-hydroxylation sites is 1. The number of rotatable bonds is 1. The largest absolute Gasteiger partial charge is 0.329 e. The lowest BCUT2D eigenvalue weighted by atomic mass is 9.92. The van der Waals surface area contributed by atoms with Crippen molar-refractivity contribution >= 4 is 27.5 Å². The van der Waals surface area contributed by atoms with Crippen molar-refractivity contribution in [3.8, 4) is 0 Å². The third kappa shape index (κ3) is 2.20. The minimum Gasteiger partial charge on any atom is -0.323 e. The first kappa shape index (κ1) is 15.0. The predicted molar refractivity (Wildman–Crippen MR) is 82.6 cm³/mol. The zero-order valence-corrected chi connectivity index (χ0v) is 13.4. The molecule has 1 N–H and O–H groups in total. The molecule has 118 valence electrons. The molecule has 0 bridgehead atoms. The van der Waals surface area contributed by atoms with Crippen LogP contribution in [-0.2, 0) is 14.6 Å². The van der Waals surface area contributed by atoms with Crippen LogP contribution >= 0.6 is 0 Å². The van der Waals surface area contributed by atoms with E-state index in [0.29, 0.717) is 5.69 Å². The Kier molecular flexibility index (Phi) is 3.28. The zero-order chi connectivity index (χ0) is 16.1. The van der Waals surface area contributed by atoms with Gasteiger partial charge in [0.05, 0.1) is 17.2 Å². The molecule has 0 saturated carbocycles. The highest BCUT2D eigenvalue weighted by Gasteiger charge is 2.54. The van der Waals surface area contributed by atoms with Gasteiger partial charge in [0.1, 0.15) is 5.54 Å². The molecule has 0 aromatic heterocycles. The first-order chi connectivity index (χ1) is 10.3. The Morgan fingerprint density at radius 1 is 1.09 bits per heavy atom. The Morgan fingerprint density at radius 3 is 2.18 bits per heavy atom. The van der Waals surface area contributed by atoms with Crippen molar-refractivity contribution in [1.82, 2.24) is 5.32 Å². The number of amides is 3. The highest BCUT2D eigenvalue weighted by Crippen LogP contribution is 2.35. The molecule has 7 heteroatoms. The van der Waals surface area contributed by atoms with Gasteiger partial charge < -0.3 is 5.32 Å². The lowest BCUT2D eigenvalue weighted by molar-refractivity contribution is -0.122. The van der Waals surface area contributed by atoms with Crippen molar-refractivity contribution in [1.29, 1.82) is 0 Å². The van der Waals surface area contributed by atoms with E-state index in [1.54, 1.807) is 0 Å². The molecule has 3 amide bonds. The van der Waals surface area contributed by atoms with E-state index in [1.807, 2.05) is 32.0 Å². The minimum absolute atomic E-state index is 0.0698. The van der Waals surface area contributed by atoms with Gasteiger partial charge in [-0.3, -0.25) is 4.79 Å². The van der Waals surface area contributed by atoms with Crippen molar-refractivity contribution in [3.63, 3.8) is 0 Å².